The molecule has 0 bridgehead atoms. The molecule has 0 amide bonds. The fourth-order valence-corrected chi connectivity index (χ4v) is 2.98. The number of aromatic hydroxyl groups is 1. The van der Waals surface area contributed by atoms with Gasteiger partial charge in [0.15, 0.2) is 23.0 Å². The van der Waals surface area contributed by atoms with E-state index in [1.807, 2.05) is 12.1 Å². The number of phenolic OH excluding ortho intramolecular Hbond substituents is 1. The van der Waals surface area contributed by atoms with E-state index in [4.69, 9.17) is 18.3 Å². The van der Waals surface area contributed by atoms with Crippen LogP contribution >= 0.6 is 0 Å². The largest absolute Gasteiger partial charge is 0.504 e. The predicted molar refractivity (Wildman–Crippen MR) is 93.0 cm³/mol. The molecule has 128 valence electrons. The molecular formula is C20H24O4. The van der Waals surface area contributed by atoms with Crippen LogP contribution in [0.5, 0.6) is 23.0 Å². The van der Waals surface area contributed by atoms with Gasteiger partial charge in [-0.05, 0) is 60.1 Å². The Balaban J connectivity index is 1.64. The molecule has 0 fully saturated rings. The van der Waals surface area contributed by atoms with E-state index >= 15 is 0 Å². The third-order valence-corrected chi connectivity index (χ3v) is 4.66. The van der Waals surface area contributed by atoms with Crippen LogP contribution in [0.3, 0.4) is 0 Å². The van der Waals surface area contributed by atoms with Crippen molar-refractivity contribution in [3.05, 3.63) is 47.5 Å². The number of fused-ring (bicyclic) bond motifs is 1. The zero-order chi connectivity index (χ0) is 19.6. The summed E-state index contributed by atoms with van der Waals surface area (Å²) in [5.74, 6) is 2.13. The van der Waals surface area contributed by atoms with E-state index in [-0.39, 0.29) is 18.3 Å². The molecule has 1 N–H and O–H groups in total. The van der Waals surface area contributed by atoms with E-state index in [1.165, 1.54) is 11.6 Å². The Hall–Kier alpha value is -2.36. The molecule has 0 unspecified atom stereocenters. The van der Waals surface area contributed by atoms with Gasteiger partial charge in [0, 0.05) is 0 Å². The minimum atomic E-state index is -2.59. The van der Waals surface area contributed by atoms with Crippen LogP contribution in [0, 0.1) is 11.8 Å². The number of hydrogen-bond donors (Lipinski definition) is 1. The molecule has 0 aliphatic carbocycles. The van der Waals surface area contributed by atoms with Gasteiger partial charge < -0.3 is 19.3 Å². The summed E-state index contributed by atoms with van der Waals surface area (Å²) in [6.45, 7) is 4.62. The summed E-state index contributed by atoms with van der Waals surface area (Å²) in [6, 6.07) is 10.9. The fourth-order valence-electron chi connectivity index (χ4n) is 2.98. The lowest BCUT2D eigenvalue weighted by Crippen LogP contribution is -2.13. The highest BCUT2D eigenvalue weighted by molar-refractivity contribution is 5.44. The fraction of sp³-hybridized carbons (Fsp3) is 0.400. The molecule has 2 aromatic carbocycles. The van der Waals surface area contributed by atoms with Gasteiger partial charge in [-0.1, -0.05) is 26.0 Å². The van der Waals surface area contributed by atoms with Crippen LogP contribution in [0.2, 0.25) is 0 Å². The number of phenols is 1. The van der Waals surface area contributed by atoms with Gasteiger partial charge in [0.1, 0.15) is 0 Å². The Morgan fingerprint density at radius 3 is 2.46 bits per heavy atom. The van der Waals surface area contributed by atoms with Crippen LogP contribution in [-0.2, 0) is 12.8 Å². The highest BCUT2D eigenvalue weighted by Crippen LogP contribution is 2.34. The molecule has 0 radical (unpaired) electrons. The lowest BCUT2D eigenvalue weighted by Gasteiger charge is -2.20. The Labute approximate surface area is 147 Å². The van der Waals surface area contributed by atoms with Crippen molar-refractivity contribution in [1.29, 1.82) is 0 Å². The quantitative estimate of drug-likeness (QED) is 0.862. The lowest BCUT2D eigenvalue weighted by molar-refractivity contribution is 0.174. The minimum Gasteiger partial charge on any atom is -0.504 e. The highest BCUT2D eigenvalue weighted by Gasteiger charge is 2.17. The number of rotatable bonds is 6. The molecule has 4 heteroatoms. The highest BCUT2D eigenvalue weighted by atomic mass is 16.7. The van der Waals surface area contributed by atoms with Gasteiger partial charge >= 0.3 is 0 Å². The van der Waals surface area contributed by atoms with E-state index in [0.717, 1.165) is 29.9 Å². The lowest BCUT2D eigenvalue weighted by atomic mass is 9.85. The monoisotopic (exact) mass is 331 g/mol. The summed E-state index contributed by atoms with van der Waals surface area (Å²) >= 11 is 0. The average molecular weight is 331 g/mol. The van der Waals surface area contributed by atoms with E-state index < -0.39 is 7.04 Å². The Morgan fingerprint density at radius 1 is 1.04 bits per heavy atom. The molecule has 0 aromatic heterocycles. The third-order valence-electron chi connectivity index (χ3n) is 4.66. The number of hydrogen-bond acceptors (Lipinski definition) is 4. The first-order chi connectivity index (χ1) is 12.7. The topological polar surface area (TPSA) is 47.9 Å². The van der Waals surface area contributed by atoms with Crippen LogP contribution in [0.15, 0.2) is 36.4 Å². The smallest absolute Gasteiger partial charge is 0.231 e. The molecule has 0 saturated heterocycles. The molecule has 0 spiro atoms. The standard InChI is InChI=1S/C20H24O4/c1-13(8-15-4-6-17(21)19(10-15)22-3)14(2)9-16-5-7-18-20(11-16)24-12-23-18/h4-7,10-11,13-14,21H,8-9,12H2,1-3H3/t13-,14-/m1/s1/i3D3. The van der Waals surface area contributed by atoms with Gasteiger partial charge in [-0.25, -0.2) is 0 Å². The average Bonchev–Trinajstić information content (AvgIpc) is 3.04. The number of methoxy groups -OCH3 is 1. The molecule has 1 heterocycles. The first-order valence-electron chi connectivity index (χ1n) is 9.61. The van der Waals surface area contributed by atoms with Crippen molar-refractivity contribution in [3.8, 4) is 23.0 Å². The normalized spacial score (nSPS) is 17.5. The van der Waals surface area contributed by atoms with Crippen molar-refractivity contribution in [1.82, 2.24) is 0 Å². The van der Waals surface area contributed by atoms with Gasteiger partial charge in [0.2, 0.25) is 6.79 Å². The third kappa shape index (κ3) is 3.58. The summed E-state index contributed by atoms with van der Waals surface area (Å²) in [4.78, 5) is 0. The van der Waals surface area contributed by atoms with Gasteiger partial charge in [-0.3, -0.25) is 0 Å². The number of ether oxygens (including phenoxy) is 3. The van der Waals surface area contributed by atoms with Crippen LogP contribution in [0.4, 0.5) is 0 Å². The molecule has 4 nitrogen and oxygen atoms in total. The predicted octanol–water partition coefficient (Wildman–Crippen LogP) is 4.19. The maximum Gasteiger partial charge on any atom is 0.231 e. The van der Waals surface area contributed by atoms with E-state index in [2.05, 4.69) is 19.9 Å². The van der Waals surface area contributed by atoms with Crippen LogP contribution in [0.25, 0.3) is 0 Å². The Morgan fingerprint density at radius 2 is 1.71 bits per heavy atom. The molecular weight excluding hydrogens is 304 g/mol. The van der Waals surface area contributed by atoms with Gasteiger partial charge in [0.25, 0.3) is 0 Å². The molecule has 2 aromatic rings. The van der Waals surface area contributed by atoms with Crippen molar-refractivity contribution in [3.63, 3.8) is 0 Å². The van der Waals surface area contributed by atoms with Crippen molar-refractivity contribution in [2.24, 2.45) is 11.8 Å². The summed E-state index contributed by atoms with van der Waals surface area (Å²) in [6.07, 6.45) is 1.65. The summed E-state index contributed by atoms with van der Waals surface area (Å²) in [5.41, 5.74) is 2.12. The van der Waals surface area contributed by atoms with E-state index in [9.17, 15) is 5.11 Å². The van der Waals surface area contributed by atoms with Crippen LogP contribution < -0.4 is 14.2 Å². The minimum absolute atomic E-state index is 0.0110. The summed E-state index contributed by atoms with van der Waals surface area (Å²) < 4.78 is 37.3. The maximum atomic E-state index is 9.82. The second-order valence-corrected chi connectivity index (χ2v) is 6.45. The summed E-state index contributed by atoms with van der Waals surface area (Å²) in [5, 5.41) is 9.82. The van der Waals surface area contributed by atoms with Crippen molar-refractivity contribution >= 4 is 0 Å². The zero-order valence-electron chi connectivity index (χ0n) is 16.9. The molecule has 3 rings (SSSR count). The van der Waals surface area contributed by atoms with Gasteiger partial charge in [-0.15, -0.1) is 0 Å². The molecule has 24 heavy (non-hydrogen) atoms. The van der Waals surface area contributed by atoms with Crippen molar-refractivity contribution in [2.45, 2.75) is 26.7 Å². The maximum absolute atomic E-state index is 9.82. The van der Waals surface area contributed by atoms with E-state index in [1.54, 1.807) is 12.1 Å². The van der Waals surface area contributed by atoms with Crippen molar-refractivity contribution in [2.75, 3.05) is 13.8 Å². The molecule has 1 aliphatic heterocycles. The first kappa shape index (κ1) is 13.0. The second kappa shape index (κ2) is 7.04. The SMILES string of the molecule is [2H]C([2H])([2H])Oc1cc(C[C@@H](C)[C@H](C)Cc2ccc3c(c2)OCO3)ccc1O. The van der Waals surface area contributed by atoms with Crippen LogP contribution in [-0.4, -0.2) is 18.9 Å². The first-order valence-corrected chi connectivity index (χ1v) is 8.11. The molecule has 1 aliphatic rings. The van der Waals surface area contributed by atoms with Crippen molar-refractivity contribution < 1.29 is 23.4 Å². The van der Waals surface area contributed by atoms with Gasteiger partial charge in [-0.2, -0.15) is 0 Å². The molecule has 0 saturated carbocycles. The molecule has 2 atom stereocenters. The summed E-state index contributed by atoms with van der Waals surface area (Å²) in [7, 11) is -2.59. The second-order valence-electron chi connectivity index (χ2n) is 6.45. The van der Waals surface area contributed by atoms with E-state index in [0.29, 0.717) is 11.8 Å². The number of benzene rings is 2. The van der Waals surface area contributed by atoms with Crippen LogP contribution in [0.1, 0.15) is 29.1 Å². The zero-order valence-corrected chi connectivity index (χ0v) is 13.9. The Bertz CT molecular complexity index is 804. The van der Waals surface area contributed by atoms with Gasteiger partial charge in [0.05, 0.1) is 11.2 Å². The Kier molecular flexibility index (Phi) is 3.81.